The molecule has 76 valence electrons. The van der Waals surface area contributed by atoms with Crippen LogP contribution >= 0.6 is 0 Å². The van der Waals surface area contributed by atoms with Gasteiger partial charge < -0.3 is 4.74 Å². The van der Waals surface area contributed by atoms with E-state index in [0.717, 1.165) is 30.7 Å². The summed E-state index contributed by atoms with van der Waals surface area (Å²) in [5.74, 6) is 0.0451. The van der Waals surface area contributed by atoms with Gasteiger partial charge in [0.1, 0.15) is 5.69 Å². The third-order valence-electron chi connectivity index (χ3n) is 2.59. The Balaban J connectivity index is 2.49. The average Bonchev–Trinajstić information content (AvgIpc) is 2.38. The van der Waals surface area contributed by atoms with Gasteiger partial charge in [-0.15, -0.1) is 0 Å². The van der Waals surface area contributed by atoms with Gasteiger partial charge in [0.25, 0.3) is 0 Å². The van der Waals surface area contributed by atoms with Crippen molar-refractivity contribution in [2.24, 2.45) is 7.05 Å². The summed E-state index contributed by atoms with van der Waals surface area (Å²) < 4.78 is 7.18. The minimum atomic E-state index is 0.0451. The number of hydrogen-bond acceptors (Lipinski definition) is 3. The summed E-state index contributed by atoms with van der Waals surface area (Å²) in [6.45, 7) is 2.98. The number of ketones is 1. The van der Waals surface area contributed by atoms with Crippen molar-refractivity contribution in [1.82, 2.24) is 9.78 Å². The van der Waals surface area contributed by atoms with Crippen LogP contribution in [0.25, 0.3) is 0 Å². The van der Waals surface area contributed by atoms with Crippen molar-refractivity contribution in [1.29, 1.82) is 0 Å². The second-order valence-corrected chi connectivity index (χ2v) is 3.57. The summed E-state index contributed by atoms with van der Waals surface area (Å²) in [4.78, 5) is 11.3. The smallest absolute Gasteiger partial charge is 0.180 e. The molecule has 0 N–H and O–H groups in total. The van der Waals surface area contributed by atoms with Gasteiger partial charge in [-0.2, -0.15) is 5.10 Å². The number of carbonyl (C=O) groups is 1. The van der Waals surface area contributed by atoms with Crippen molar-refractivity contribution in [3.63, 3.8) is 0 Å². The minimum Gasteiger partial charge on any atom is -0.381 e. The summed E-state index contributed by atoms with van der Waals surface area (Å²) >= 11 is 0. The molecule has 0 aromatic carbocycles. The normalized spacial score (nSPS) is 16.1. The first-order valence-corrected chi connectivity index (χ1v) is 4.83. The van der Waals surface area contributed by atoms with Crippen molar-refractivity contribution in [3.8, 4) is 0 Å². The number of carbonyl (C=O) groups excluding carboxylic acids is 1. The lowest BCUT2D eigenvalue weighted by atomic mass is 10.1. The van der Waals surface area contributed by atoms with Crippen molar-refractivity contribution in [3.05, 3.63) is 17.0 Å². The zero-order valence-electron chi connectivity index (χ0n) is 8.54. The SMILES string of the molecule is CC(=O)c1nn(C)c2c1CCOCC2. The zero-order chi connectivity index (χ0) is 10.1. The Hall–Kier alpha value is -1.16. The van der Waals surface area contributed by atoms with Gasteiger partial charge in [-0.1, -0.05) is 0 Å². The van der Waals surface area contributed by atoms with Crippen molar-refractivity contribution in [2.45, 2.75) is 19.8 Å². The van der Waals surface area contributed by atoms with E-state index in [0.29, 0.717) is 12.3 Å². The van der Waals surface area contributed by atoms with Crippen LogP contribution in [0.4, 0.5) is 0 Å². The summed E-state index contributed by atoms with van der Waals surface area (Å²) in [7, 11) is 1.89. The molecule has 0 aliphatic carbocycles. The highest BCUT2D eigenvalue weighted by molar-refractivity contribution is 5.93. The predicted octanol–water partition coefficient (Wildman–Crippen LogP) is 0.738. The molecule has 0 spiro atoms. The minimum absolute atomic E-state index is 0.0451. The molecule has 0 fully saturated rings. The van der Waals surface area contributed by atoms with Gasteiger partial charge in [0.2, 0.25) is 0 Å². The second kappa shape index (κ2) is 3.53. The Kier molecular flexibility index (Phi) is 2.37. The summed E-state index contributed by atoms with van der Waals surface area (Å²) in [6, 6.07) is 0. The molecule has 4 heteroatoms. The molecule has 0 atom stereocenters. The highest BCUT2D eigenvalue weighted by Gasteiger charge is 2.20. The summed E-state index contributed by atoms with van der Waals surface area (Å²) in [6.07, 6.45) is 1.66. The van der Waals surface area contributed by atoms with Crippen LogP contribution in [0.2, 0.25) is 0 Å². The fraction of sp³-hybridized carbons (Fsp3) is 0.600. The lowest BCUT2D eigenvalue weighted by Gasteiger charge is -1.98. The largest absolute Gasteiger partial charge is 0.381 e. The number of fused-ring (bicyclic) bond motifs is 1. The fourth-order valence-corrected chi connectivity index (χ4v) is 1.91. The van der Waals surface area contributed by atoms with E-state index in [9.17, 15) is 4.79 Å². The molecule has 0 saturated carbocycles. The van der Waals surface area contributed by atoms with Crippen molar-refractivity contribution in [2.75, 3.05) is 13.2 Å². The molecule has 14 heavy (non-hydrogen) atoms. The molecule has 0 saturated heterocycles. The fourth-order valence-electron chi connectivity index (χ4n) is 1.91. The van der Waals surface area contributed by atoms with Gasteiger partial charge >= 0.3 is 0 Å². The zero-order valence-corrected chi connectivity index (χ0v) is 8.54. The number of hydrogen-bond donors (Lipinski definition) is 0. The highest BCUT2D eigenvalue weighted by Crippen LogP contribution is 2.18. The molecule has 0 amide bonds. The molecule has 2 heterocycles. The molecule has 1 aliphatic heterocycles. The lowest BCUT2D eigenvalue weighted by molar-refractivity contribution is 0.101. The van der Waals surface area contributed by atoms with Gasteiger partial charge in [-0.25, -0.2) is 0 Å². The van der Waals surface area contributed by atoms with E-state index < -0.39 is 0 Å². The lowest BCUT2D eigenvalue weighted by Crippen LogP contribution is -2.03. The third-order valence-corrected chi connectivity index (χ3v) is 2.59. The van der Waals surface area contributed by atoms with Crippen LogP contribution in [0.3, 0.4) is 0 Å². The Morgan fingerprint density at radius 1 is 1.43 bits per heavy atom. The first-order chi connectivity index (χ1) is 6.70. The molecule has 0 bridgehead atoms. The van der Waals surface area contributed by atoms with E-state index in [1.165, 1.54) is 0 Å². The number of aromatic nitrogens is 2. The second-order valence-electron chi connectivity index (χ2n) is 3.57. The maximum absolute atomic E-state index is 11.3. The van der Waals surface area contributed by atoms with Gasteiger partial charge in [0.05, 0.1) is 13.2 Å². The summed E-state index contributed by atoms with van der Waals surface area (Å²) in [5, 5.41) is 4.24. The Morgan fingerprint density at radius 3 is 2.86 bits per heavy atom. The number of rotatable bonds is 1. The molecule has 0 radical (unpaired) electrons. The number of Topliss-reactive ketones (excluding diaryl/α,β-unsaturated/α-hetero) is 1. The van der Waals surface area contributed by atoms with Gasteiger partial charge in [-0.05, 0) is 6.42 Å². The standard InChI is InChI=1S/C10H14N2O2/c1-7(13)10-8-3-5-14-6-4-9(8)12(2)11-10/h3-6H2,1-2H3. The molecular weight excluding hydrogens is 180 g/mol. The first kappa shape index (κ1) is 9.40. The maximum atomic E-state index is 11.3. The predicted molar refractivity (Wildman–Crippen MR) is 51.4 cm³/mol. The molecule has 1 aromatic heterocycles. The first-order valence-electron chi connectivity index (χ1n) is 4.83. The molecule has 4 nitrogen and oxygen atoms in total. The van der Waals surface area contributed by atoms with Crippen LogP contribution in [0.15, 0.2) is 0 Å². The van der Waals surface area contributed by atoms with E-state index in [-0.39, 0.29) is 5.78 Å². The monoisotopic (exact) mass is 194 g/mol. The van der Waals surface area contributed by atoms with Gasteiger partial charge in [-0.3, -0.25) is 9.48 Å². The Bertz CT molecular complexity index is 368. The Labute approximate surface area is 82.9 Å². The molecule has 1 aromatic rings. The number of aryl methyl sites for hydroxylation is 1. The van der Waals surface area contributed by atoms with Crippen LogP contribution in [0, 0.1) is 0 Å². The van der Waals surface area contributed by atoms with Gasteiger partial charge in [0.15, 0.2) is 5.78 Å². The quantitative estimate of drug-likeness (QED) is 0.619. The number of nitrogens with zero attached hydrogens (tertiary/aromatic N) is 2. The maximum Gasteiger partial charge on any atom is 0.180 e. The van der Waals surface area contributed by atoms with Crippen molar-refractivity contribution >= 4 is 5.78 Å². The topological polar surface area (TPSA) is 44.1 Å². The average molecular weight is 194 g/mol. The van der Waals surface area contributed by atoms with Crippen LogP contribution in [-0.2, 0) is 24.6 Å². The van der Waals surface area contributed by atoms with E-state index in [1.807, 2.05) is 7.05 Å². The van der Waals surface area contributed by atoms with Crippen LogP contribution in [0.1, 0.15) is 28.7 Å². The van der Waals surface area contributed by atoms with Crippen LogP contribution in [0.5, 0.6) is 0 Å². The summed E-state index contributed by atoms with van der Waals surface area (Å²) in [5.41, 5.74) is 2.85. The van der Waals surface area contributed by atoms with Crippen LogP contribution < -0.4 is 0 Å². The molecule has 2 rings (SSSR count). The van der Waals surface area contributed by atoms with E-state index >= 15 is 0 Å². The van der Waals surface area contributed by atoms with Gasteiger partial charge in [0, 0.05) is 31.6 Å². The Morgan fingerprint density at radius 2 is 2.14 bits per heavy atom. The molecule has 0 unspecified atom stereocenters. The number of ether oxygens (including phenoxy) is 1. The van der Waals surface area contributed by atoms with E-state index in [1.54, 1.807) is 11.6 Å². The third kappa shape index (κ3) is 1.46. The molecular formula is C10H14N2O2. The highest BCUT2D eigenvalue weighted by atomic mass is 16.5. The van der Waals surface area contributed by atoms with Crippen LogP contribution in [-0.4, -0.2) is 28.8 Å². The van der Waals surface area contributed by atoms with E-state index in [2.05, 4.69) is 5.10 Å². The van der Waals surface area contributed by atoms with E-state index in [4.69, 9.17) is 4.74 Å². The van der Waals surface area contributed by atoms with Crippen molar-refractivity contribution < 1.29 is 9.53 Å². The molecule has 1 aliphatic rings.